The SMILES string of the molecule is CNc1ccc(C2Oc3cc(Br)cnc3NC2=O)cc1. The molecule has 1 aliphatic heterocycles. The van der Waals surface area contributed by atoms with Crippen molar-refractivity contribution < 1.29 is 9.53 Å². The van der Waals surface area contributed by atoms with Crippen LogP contribution in [0.1, 0.15) is 11.7 Å². The van der Waals surface area contributed by atoms with Gasteiger partial charge in [-0.3, -0.25) is 4.79 Å². The lowest BCUT2D eigenvalue weighted by Crippen LogP contribution is -2.30. The smallest absolute Gasteiger partial charge is 0.271 e. The Kier molecular flexibility index (Phi) is 3.31. The average molecular weight is 334 g/mol. The lowest BCUT2D eigenvalue weighted by atomic mass is 10.1. The van der Waals surface area contributed by atoms with Crippen LogP contribution < -0.4 is 15.4 Å². The summed E-state index contributed by atoms with van der Waals surface area (Å²) in [4.78, 5) is 16.2. The third-order valence-electron chi connectivity index (χ3n) is 3.05. The fourth-order valence-corrected chi connectivity index (χ4v) is 2.32. The summed E-state index contributed by atoms with van der Waals surface area (Å²) in [5.41, 5.74) is 1.78. The minimum absolute atomic E-state index is 0.218. The van der Waals surface area contributed by atoms with Gasteiger partial charge in [-0.1, -0.05) is 12.1 Å². The summed E-state index contributed by atoms with van der Waals surface area (Å²) in [7, 11) is 1.85. The van der Waals surface area contributed by atoms with Gasteiger partial charge in [-0.2, -0.15) is 0 Å². The van der Waals surface area contributed by atoms with Crippen LogP contribution >= 0.6 is 15.9 Å². The molecular weight excluding hydrogens is 322 g/mol. The van der Waals surface area contributed by atoms with Crippen molar-refractivity contribution in [2.75, 3.05) is 17.7 Å². The van der Waals surface area contributed by atoms with Crippen LogP contribution in [0.5, 0.6) is 5.75 Å². The second kappa shape index (κ2) is 5.13. The monoisotopic (exact) mass is 333 g/mol. The van der Waals surface area contributed by atoms with Crippen LogP contribution in [0.25, 0.3) is 0 Å². The number of carbonyl (C=O) groups is 1. The largest absolute Gasteiger partial charge is 0.472 e. The summed E-state index contributed by atoms with van der Waals surface area (Å²) < 4.78 is 6.56. The molecule has 1 atom stereocenters. The average Bonchev–Trinajstić information content (AvgIpc) is 2.47. The molecule has 0 bridgehead atoms. The maximum atomic E-state index is 12.1. The van der Waals surface area contributed by atoms with Gasteiger partial charge in [0.2, 0.25) is 6.10 Å². The molecule has 5 nitrogen and oxygen atoms in total. The molecule has 1 aromatic carbocycles. The van der Waals surface area contributed by atoms with Gasteiger partial charge in [0.15, 0.2) is 11.6 Å². The number of nitrogens with zero attached hydrogens (tertiary/aromatic N) is 1. The van der Waals surface area contributed by atoms with Crippen molar-refractivity contribution in [2.45, 2.75) is 6.10 Å². The van der Waals surface area contributed by atoms with E-state index in [0.29, 0.717) is 11.6 Å². The van der Waals surface area contributed by atoms with Gasteiger partial charge in [-0.15, -0.1) is 0 Å². The van der Waals surface area contributed by atoms with Crippen molar-refractivity contribution in [3.8, 4) is 5.75 Å². The van der Waals surface area contributed by atoms with Crippen molar-refractivity contribution in [3.05, 3.63) is 46.6 Å². The number of benzene rings is 1. The molecule has 6 heteroatoms. The highest BCUT2D eigenvalue weighted by molar-refractivity contribution is 9.10. The Hall–Kier alpha value is -2.08. The molecular formula is C14H12BrN3O2. The molecule has 2 N–H and O–H groups in total. The molecule has 2 heterocycles. The van der Waals surface area contributed by atoms with E-state index in [-0.39, 0.29) is 5.91 Å². The molecule has 2 aromatic rings. The van der Waals surface area contributed by atoms with Crippen molar-refractivity contribution in [2.24, 2.45) is 0 Å². The van der Waals surface area contributed by atoms with E-state index in [1.54, 1.807) is 12.3 Å². The Morgan fingerprint density at radius 3 is 2.80 bits per heavy atom. The Morgan fingerprint density at radius 1 is 1.35 bits per heavy atom. The van der Waals surface area contributed by atoms with E-state index in [2.05, 4.69) is 31.5 Å². The van der Waals surface area contributed by atoms with Crippen LogP contribution in [0.3, 0.4) is 0 Å². The highest BCUT2D eigenvalue weighted by atomic mass is 79.9. The maximum Gasteiger partial charge on any atom is 0.271 e. The lowest BCUT2D eigenvalue weighted by Gasteiger charge is -2.25. The first-order chi connectivity index (χ1) is 9.67. The highest BCUT2D eigenvalue weighted by Gasteiger charge is 2.29. The number of pyridine rings is 1. The van der Waals surface area contributed by atoms with Gasteiger partial charge in [0.25, 0.3) is 5.91 Å². The summed E-state index contributed by atoms with van der Waals surface area (Å²) in [6.45, 7) is 0. The summed E-state index contributed by atoms with van der Waals surface area (Å²) in [5.74, 6) is 0.785. The van der Waals surface area contributed by atoms with Crippen LogP contribution in [0.2, 0.25) is 0 Å². The predicted octanol–water partition coefficient (Wildman–Crippen LogP) is 2.96. The number of halogens is 1. The molecule has 1 aromatic heterocycles. The van der Waals surface area contributed by atoms with Crippen LogP contribution in [0.4, 0.5) is 11.5 Å². The zero-order chi connectivity index (χ0) is 14.1. The standard InChI is InChI=1S/C14H12BrN3O2/c1-16-10-4-2-8(3-5-10)12-14(19)18-13-11(20-12)6-9(15)7-17-13/h2-7,12,16H,1H3,(H,17,18,19). The first-order valence-corrected chi connectivity index (χ1v) is 6.87. The normalized spacial score (nSPS) is 16.9. The third kappa shape index (κ3) is 2.34. The number of amides is 1. The first kappa shape index (κ1) is 12.9. The van der Waals surface area contributed by atoms with Crippen molar-refractivity contribution >= 4 is 33.3 Å². The van der Waals surface area contributed by atoms with Gasteiger partial charge < -0.3 is 15.4 Å². The van der Waals surface area contributed by atoms with E-state index in [0.717, 1.165) is 15.7 Å². The molecule has 0 saturated heterocycles. The Bertz CT molecular complexity index is 658. The van der Waals surface area contributed by atoms with Crippen LogP contribution in [-0.4, -0.2) is 17.9 Å². The molecule has 1 aliphatic rings. The van der Waals surface area contributed by atoms with Gasteiger partial charge in [0, 0.05) is 29.0 Å². The molecule has 0 fully saturated rings. The fraction of sp³-hybridized carbons (Fsp3) is 0.143. The summed E-state index contributed by atoms with van der Waals surface area (Å²) >= 11 is 3.34. The van der Waals surface area contributed by atoms with Crippen LogP contribution in [0.15, 0.2) is 41.0 Å². The first-order valence-electron chi connectivity index (χ1n) is 6.08. The number of hydrogen-bond donors (Lipinski definition) is 2. The zero-order valence-electron chi connectivity index (χ0n) is 10.7. The molecule has 0 aliphatic carbocycles. The van der Waals surface area contributed by atoms with E-state index in [4.69, 9.17) is 4.74 Å². The van der Waals surface area contributed by atoms with Gasteiger partial charge in [-0.05, 0) is 34.1 Å². The van der Waals surface area contributed by atoms with Crippen molar-refractivity contribution in [1.82, 2.24) is 4.98 Å². The van der Waals surface area contributed by atoms with E-state index in [1.807, 2.05) is 31.3 Å². The molecule has 20 heavy (non-hydrogen) atoms. The summed E-state index contributed by atoms with van der Waals surface area (Å²) in [6, 6.07) is 9.33. The zero-order valence-corrected chi connectivity index (χ0v) is 12.3. The Morgan fingerprint density at radius 2 is 2.10 bits per heavy atom. The molecule has 102 valence electrons. The molecule has 1 unspecified atom stereocenters. The minimum Gasteiger partial charge on any atom is -0.472 e. The Labute approximate surface area is 124 Å². The second-order valence-corrected chi connectivity index (χ2v) is 5.28. The topological polar surface area (TPSA) is 63.2 Å². The number of ether oxygens (including phenoxy) is 1. The lowest BCUT2D eigenvalue weighted by molar-refractivity contribution is -0.123. The minimum atomic E-state index is -0.662. The number of rotatable bonds is 2. The number of nitrogens with one attached hydrogen (secondary N) is 2. The molecule has 0 radical (unpaired) electrons. The number of anilines is 2. The summed E-state index contributed by atoms with van der Waals surface area (Å²) in [5, 5.41) is 5.79. The van der Waals surface area contributed by atoms with Gasteiger partial charge in [0.05, 0.1) is 0 Å². The van der Waals surface area contributed by atoms with Crippen molar-refractivity contribution in [3.63, 3.8) is 0 Å². The number of aromatic nitrogens is 1. The van der Waals surface area contributed by atoms with E-state index in [9.17, 15) is 4.79 Å². The quantitative estimate of drug-likeness (QED) is 0.886. The Balaban J connectivity index is 1.92. The number of carbonyl (C=O) groups excluding carboxylic acids is 1. The van der Waals surface area contributed by atoms with Crippen LogP contribution in [-0.2, 0) is 4.79 Å². The number of hydrogen-bond acceptors (Lipinski definition) is 4. The van der Waals surface area contributed by atoms with Crippen molar-refractivity contribution in [1.29, 1.82) is 0 Å². The molecule has 0 spiro atoms. The second-order valence-electron chi connectivity index (χ2n) is 4.36. The fourth-order valence-electron chi connectivity index (χ4n) is 2.01. The molecule has 3 rings (SSSR count). The van der Waals surface area contributed by atoms with Gasteiger partial charge in [-0.25, -0.2) is 4.98 Å². The van der Waals surface area contributed by atoms with E-state index < -0.39 is 6.10 Å². The number of fused-ring (bicyclic) bond motifs is 1. The van der Waals surface area contributed by atoms with E-state index >= 15 is 0 Å². The van der Waals surface area contributed by atoms with Crippen LogP contribution in [0, 0.1) is 0 Å². The maximum absolute atomic E-state index is 12.1. The van der Waals surface area contributed by atoms with Gasteiger partial charge in [0.1, 0.15) is 0 Å². The molecule has 0 saturated carbocycles. The van der Waals surface area contributed by atoms with E-state index in [1.165, 1.54) is 0 Å². The van der Waals surface area contributed by atoms with Gasteiger partial charge >= 0.3 is 0 Å². The predicted molar refractivity (Wildman–Crippen MR) is 79.9 cm³/mol. The summed E-state index contributed by atoms with van der Waals surface area (Å²) in [6.07, 6.45) is 0.953. The highest BCUT2D eigenvalue weighted by Crippen LogP contribution is 2.35. The third-order valence-corrected chi connectivity index (χ3v) is 3.48. The molecule has 1 amide bonds.